The number of hydrogen-bond donors (Lipinski definition) is 3. The lowest BCUT2D eigenvalue weighted by Crippen LogP contribution is -2.25. The van der Waals surface area contributed by atoms with Gasteiger partial charge in [0.1, 0.15) is 11.5 Å². The summed E-state index contributed by atoms with van der Waals surface area (Å²) in [6, 6.07) is 8.84. The number of allylic oxidation sites excluding steroid dienone is 1. The van der Waals surface area contributed by atoms with E-state index in [4.69, 9.17) is 4.98 Å². The number of carbonyl (C=O) groups excluding carboxylic acids is 1. The normalized spacial score (nSPS) is 10.7. The maximum Gasteiger partial charge on any atom is 0.179 e. The van der Waals surface area contributed by atoms with Crippen LogP contribution < -0.4 is 5.32 Å². The Labute approximate surface area is 336 Å². The van der Waals surface area contributed by atoms with Crippen molar-refractivity contribution >= 4 is 23.3 Å². The van der Waals surface area contributed by atoms with Gasteiger partial charge < -0.3 is 20.3 Å². The van der Waals surface area contributed by atoms with Gasteiger partial charge in [0.05, 0.1) is 17.6 Å². The van der Waals surface area contributed by atoms with Gasteiger partial charge in [-0.25, -0.2) is 14.4 Å². The molecular weight excluding hydrogens is 702 g/mol. The SMILES string of the molecule is C=C(c1nc(CC)c(CCC)[nH]1)c1ccc(-c2cc(F)c(O)cc2CC)cc1NC.CC(=O)c1cnc(C)cn1.CC=N/C=C\C.CCCN(CCC)CCC. The molecule has 2 aromatic carbocycles. The molecule has 0 spiro atoms. The molecule has 56 heavy (non-hydrogen) atoms. The highest BCUT2D eigenvalue weighted by Crippen LogP contribution is 2.35. The van der Waals surface area contributed by atoms with E-state index in [1.54, 1.807) is 18.6 Å². The molecule has 0 unspecified atom stereocenters. The van der Waals surface area contributed by atoms with Gasteiger partial charge in [0.25, 0.3) is 0 Å². The van der Waals surface area contributed by atoms with Crippen molar-refractivity contribution < 1.29 is 14.3 Å². The van der Waals surface area contributed by atoms with Crippen LogP contribution in [0, 0.1) is 12.7 Å². The van der Waals surface area contributed by atoms with E-state index >= 15 is 0 Å². The van der Waals surface area contributed by atoms with Gasteiger partial charge in [-0.2, -0.15) is 0 Å². The maximum atomic E-state index is 14.0. The van der Waals surface area contributed by atoms with Crippen LogP contribution in [0.4, 0.5) is 10.1 Å². The number of phenolic OH excluding ortho intramolecular Hbond substituents is 1. The molecule has 4 rings (SSSR count). The lowest BCUT2D eigenvalue weighted by molar-refractivity contribution is 0.101. The van der Waals surface area contributed by atoms with Crippen molar-refractivity contribution in [2.45, 2.75) is 114 Å². The standard InChI is InChI=1S/C25H30FN3O.C9H21N.C7H8N2O.C5H9N/c1-6-9-22-21(8-3)28-25(29-22)15(4)18-11-10-17(12-23(18)27-5)19-14-20(26)24(30)13-16(19)7-2;1-4-7-10(8-5-2)9-6-3;1-5-3-9-7(4-8-5)6(2)10;1-3-5-6-4-2/h10-14,27,30H,4,6-9H2,1-3,5H3,(H,28,29);4-9H2,1-3H3;3-4H,1-2H3;3-5H,1-2H3/b;;;5-3-,6-4?. The molecule has 2 aromatic heterocycles. The smallest absolute Gasteiger partial charge is 0.179 e. The first-order valence-electron chi connectivity index (χ1n) is 20.1. The predicted octanol–water partition coefficient (Wildman–Crippen LogP) is 11.2. The average Bonchev–Trinajstić information content (AvgIpc) is 3.61. The van der Waals surface area contributed by atoms with E-state index in [1.807, 2.05) is 59.0 Å². The topological polar surface area (TPSA) is 119 Å². The highest BCUT2D eigenvalue weighted by atomic mass is 19.1. The number of halogens is 1. The van der Waals surface area contributed by atoms with Gasteiger partial charge >= 0.3 is 0 Å². The number of aryl methyl sites for hydroxylation is 4. The number of aromatic hydroxyl groups is 1. The third-order valence-corrected chi connectivity index (χ3v) is 8.61. The number of imidazole rings is 1. The molecule has 2 heterocycles. The third kappa shape index (κ3) is 16.4. The van der Waals surface area contributed by atoms with Crippen LogP contribution in [-0.4, -0.2) is 68.6 Å². The van der Waals surface area contributed by atoms with E-state index in [-0.39, 0.29) is 11.5 Å². The molecule has 3 N–H and O–H groups in total. The van der Waals surface area contributed by atoms with E-state index in [2.05, 4.69) is 71.4 Å². The summed E-state index contributed by atoms with van der Waals surface area (Å²) in [7, 11) is 1.86. The van der Waals surface area contributed by atoms with Gasteiger partial charge in [-0.3, -0.25) is 14.8 Å². The molecule has 0 aliphatic carbocycles. The van der Waals surface area contributed by atoms with Crippen molar-refractivity contribution in [3.63, 3.8) is 0 Å². The van der Waals surface area contributed by atoms with Crippen molar-refractivity contribution in [3.05, 3.63) is 107 Å². The Kier molecular flexibility index (Phi) is 24.2. The van der Waals surface area contributed by atoms with Crippen LogP contribution >= 0.6 is 0 Å². The fourth-order valence-corrected chi connectivity index (χ4v) is 5.84. The number of aliphatic imine (C=N–C) groups is 1. The highest BCUT2D eigenvalue weighted by molar-refractivity contribution is 5.91. The number of hydrogen-bond acceptors (Lipinski definition) is 8. The Morgan fingerprint density at radius 2 is 1.62 bits per heavy atom. The second-order valence-corrected chi connectivity index (χ2v) is 13.2. The molecule has 0 bridgehead atoms. The Morgan fingerprint density at radius 1 is 0.964 bits per heavy atom. The number of anilines is 1. The van der Waals surface area contributed by atoms with Crippen LogP contribution in [0.2, 0.25) is 0 Å². The summed E-state index contributed by atoms with van der Waals surface area (Å²) < 4.78 is 14.0. The number of benzene rings is 2. The minimum atomic E-state index is -0.618. The van der Waals surface area contributed by atoms with Gasteiger partial charge in [0.15, 0.2) is 17.3 Å². The van der Waals surface area contributed by atoms with E-state index in [9.17, 15) is 14.3 Å². The van der Waals surface area contributed by atoms with Crippen molar-refractivity contribution in [2.75, 3.05) is 32.0 Å². The molecule has 0 atom stereocenters. The molecule has 0 fully saturated rings. The van der Waals surface area contributed by atoms with Gasteiger partial charge in [0.2, 0.25) is 0 Å². The lowest BCUT2D eigenvalue weighted by atomic mass is 9.94. The van der Waals surface area contributed by atoms with Crippen LogP contribution in [-0.2, 0) is 19.3 Å². The van der Waals surface area contributed by atoms with Crippen LogP contribution in [0.3, 0.4) is 0 Å². The van der Waals surface area contributed by atoms with Gasteiger partial charge in [0, 0.05) is 55.1 Å². The van der Waals surface area contributed by atoms with E-state index in [0.29, 0.717) is 12.1 Å². The quantitative estimate of drug-likeness (QED) is 0.0766. The molecule has 0 aliphatic rings. The lowest BCUT2D eigenvalue weighted by Gasteiger charge is -2.19. The largest absolute Gasteiger partial charge is 0.505 e. The monoisotopic (exact) mass is 770 g/mol. The van der Waals surface area contributed by atoms with Crippen LogP contribution in [0.15, 0.2) is 66.6 Å². The number of carbonyl (C=O) groups is 1. The second kappa shape index (κ2) is 27.6. The van der Waals surface area contributed by atoms with E-state index in [0.717, 1.165) is 70.0 Å². The summed E-state index contributed by atoms with van der Waals surface area (Å²) in [6.45, 7) is 28.3. The first kappa shape index (κ1) is 49.1. The number of ketones is 1. The Hall–Kier alpha value is -4.96. The molecule has 0 aliphatic heterocycles. The number of phenols is 1. The van der Waals surface area contributed by atoms with Gasteiger partial charge in [-0.15, -0.1) is 0 Å². The molecular formula is C46H68FN7O2. The Balaban J connectivity index is 0.000000488. The van der Waals surface area contributed by atoms with Crippen molar-refractivity contribution in [1.82, 2.24) is 24.8 Å². The zero-order valence-corrected chi connectivity index (χ0v) is 36.0. The summed E-state index contributed by atoms with van der Waals surface area (Å²) in [4.78, 5) is 33.0. The van der Waals surface area contributed by atoms with Crippen LogP contribution in [0.5, 0.6) is 5.75 Å². The number of aromatic amines is 1. The summed E-state index contributed by atoms with van der Waals surface area (Å²) in [6.07, 6.45) is 15.9. The van der Waals surface area contributed by atoms with Crippen molar-refractivity contribution in [2.24, 2.45) is 4.99 Å². The van der Waals surface area contributed by atoms with E-state index in [1.165, 1.54) is 69.8 Å². The molecule has 0 amide bonds. The van der Waals surface area contributed by atoms with Crippen LogP contribution in [0.1, 0.15) is 133 Å². The first-order valence-corrected chi connectivity index (χ1v) is 20.1. The fraction of sp³-hybridized carbons (Fsp3) is 0.457. The molecule has 0 saturated heterocycles. The maximum absolute atomic E-state index is 14.0. The molecule has 4 aromatic rings. The Bertz CT molecular complexity index is 1790. The number of rotatable bonds is 16. The fourth-order valence-electron chi connectivity index (χ4n) is 5.84. The number of nitrogens with one attached hydrogen (secondary N) is 2. The Morgan fingerprint density at radius 3 is 2.09 bits per heavy atom. The summed E-state index contributed by atoms with van der Waals surface area (Å²) in [5.74, 6) is -0.202. The van der Waals surface area contributed by atoms with Crippen LogP contribution in [0.25, 0.3) is 16.7 Å². The zero-order chi connectivity index (χ0) is 42.0. The van der Waals surface area contributed by atoms with Crippen molar-refractivity contribution in [1.29, 1.82) is 0 Å². The second-order valence-electron chi connectivity index (χ2n) is 13.2. The number of Topliss-reactive ketones (excluding diaryl/α,β-unsaturated/α-hetero) is 1. The number of H-pyrrole nitrogens is 1. The average molecular weight is 770 g/mol. The highest BCUT2D eigenvalue weighted by Gasteiger charge is 2.17. The molecule has 0 saturated carbocycles. The molecule has 306 valence electrons. The van der Waals surface area contributed by atoms with E-state index < -0.39 is 5.82 Å². The third-order valence-electron chi connectivity index (χ3n) is 8.61. The van der Waals surface area contributed by atoms with Crippen molar-refractivity contribution in [3.8, 4) is 16.9 Å². The molecule has 0 radical (unpaired) electrons. The summed E-state index contributed by atoms with van der Waals surface area (Å²) in [5.41, 5.74) is 8.70. The van der Waals surface area contributed by atoms with Gasteiger partial charge in [-0.05, 0) is 114 Å². The zero-order valence-electron chi connectivity index (χ0n) is 36.0. The minimum absolute atomic E-state index is 0.0486. The molecule has 10 heteroatoms. The summed E-state index contributed by atoms with van der Waals surface area (Å²) >= 11 is 0. The summed E-state index contributed by atoms with van der Waals surface area (Å²) in [5, 5.41) is 13.0. The van der Waals surface area contributed by atoms with Gasteiger partial charge in [-0.1, -0.05) is 72.8 Å². The molecule has 9 nitrogen and oxygen atoms in total. The first-order chi connectivity index (χ1) is 26.9. The number of aromatic nitrogens is 4. The minimum Gasteiger partial charge on any atom is -0.505 e. The predicted molar refractivity (Wildman–Crippen MR) is 236 cm³/mol. The number of nitrogens with zero attached hydrogens (tertiary/aromatic N) is 5.